The molecule has 1 aromatic rings. The summed E-state index contributed by atoms with van der Waals surface area (Å²) in [5, 5.41) is 4.38. The van der Waals surface area contributed by atoms with E-state index >= 15 is 0 Å². The smallest absolute Gasteiger partial charge is 0.377 e. The summed E-state index contributed by atoms with van der Waals surface area (Å²) in [6.45, 7) is 8.60. The first kappa shape index (κ1) is 25.0. The van der Waals surface area contributed by atoms with Crippen LogP contribution in [0.1, 0.15) is 50.2 Å². The second kappa shape index (κ2) is 11.9. The maximum atomic E-state index is 11.9. The Hall–Kier alpha value is -2.28. The van der Waals surface area contributed by atoms with E-state index in [1.54, 1.807) is 0 Å². The predicted octanol–water partition coefficient (Wildman–Crippen LogP) is 5.60. The van der Waals surface area contributed by atoms with Crippen molar-refractivity contribution >= 4 is 19.8 Å². The molecule has 0 radical (unpaired) electrons. The number of carbonyl (C=O) groups is 1. The minimum atomic E-state index is -1.45. The zero-order valence-electron chi connectivity index (χ0n) is 19.8. The van der Waals surface area contributed by atoms with E-state index in [9.17, 15) is 4.79 Å². The number of esters is 1. The van der Waals surface area contributed by atoms with Crippen molar-refractivity contribution in [3.8, 4) is 5.75 Å². The summed E-state index contributed by atoms with van der Waals surface area (Å²) in [4.78, 5) is 17.7. The Kier molecular flexibility index (Phi) is 9.62. The van der Waals surface area contributed by atoms with Crippen molar-refractivity contribution in [3.05, 3.63) is 41.3 Å². The molecule has 0 unspecified atom stereocenters. The lowest BCUT2D eigenvalue weighted by Gasteiger charge is -2.29. The number of ether oxygens (including phenoxy) is 3. The molecule has 0 heterocycles. The monoisotopic (exact) mass is 447 g/mol. The molecule has 2 rings (SSSR count). The number of aryl methyl sites for hydroxylation is 1. The van der Waals surface area contributed by atoms with E-state index in [1.807, 2.05) is 32.0 Å². The largest absolute Gasteiger partial charge is 0.500 e. The number of benzene rings is 1. The van der Waals surface area contributed by atoms with Crippen molar-refractivity contribution in [2.24, 2.45) is 11.1 Å². The molecule has 0 amide bonds. The van der Waals surface area contributed by atoms with Gasteiger partial charge in [0.1, 0.15) is 18.2 Å². The van der Waals surface area contributed by atoms with E-state index in [0.29, 0.717) is 5.75 Å². The molecule has 0 N–H and O–H groups in total. The van der Waals surface area contributed by atoms with Gasteiger partial charge in [0.25, 0.3) is 0 Å². The Morgan fingerprint density at radius 2 is 1.90 bits per heavy atom. The summed E-state index contributed by atoms with van der Waals surface area (Å²) in [6, 6.07) is 7.04. The Morgan fingerprint density at radius 3 is 2.55 bits per heavy atom. The lowest BCUT2D eigenvalue weighted by atomic mass is 9.91. The fourth-order valence-corrected chi connectivity index (χ4v) is 6.47. The first-order chi connectivity index (χ1) is 14.8. The molecule has 1 aromatic carbocycles. The number of methoxy groups -OCH3 is 2. The summed E-state index contributed by atoms with van der Waals surface area (Å²) >= 11 is 0. The summed E-state index contributed by atoms with van der Waals surface area (Å²) < 4.78 is 15.4. The van der Waals surface area contributed by atoms with Crippen molar-refractivity contribution in [2.45, 2.75) is 65.1 Å². The molecule has 1 aliphatic rings. The van der Waals surface area contributed by atoms with Gasteiger partial charge in [0.05, 0.1) is 28.0 Å². The van der Waals surface area contributed by atoms with Crippen LogP contribution in [0.5, 0.6) is 5.75 Å². The van der Waals surface area contributed by atoms with Crippen molar-refractivity contribution in [1.82, 2.24) is 0 Å². The molecule has 0 atom stereocenters. The van der Waals surface area contributed by atoms with E-state index in [0.717, 1.165) is 29.0 Å². The zero-order chi connectivity index (χ0) is 22.9. The molecule has 172 valence electrons. The summed E-state index contributed by atoms with van der Waals surface area (Å²) in [7, 11) is 1.29. The van der Waals surface area contributed by atoms with Gasteiger partial charge in [-0.1, -0.05) is 68.5 Å². The van der Waals surface area contributed by atoms with Gasteiger partial charge in [-0.05, 0) is 31.4 Å². The van der Waals surface area contributed by atoms with E-state index < -0.39 is 14.0 Å². The van der Waals surface area contributed by atoms with Crippen LogP contribution in [-0.4, -0.2) is 40.2 Å². The van der Waals surface area contributed by atoms with Crippen LogP contribution in [0.3, 0.4) is 0 Å². The van der Waals surface area contributed by atoms with Gasteiger partial charge in [0.2, 0.25) is 5.76 Å². The molecule has 0 aromatic heterocycles. The van der Waals surface area contributed by atoms with Gasteiger partial charge in [0, 0.05) is 5.56 Å². The van der Waals surface area contributed by atoms with Crippen LogP contribution in [0, 0.1) is 12.8 Å². The van der Waals surface area contributed by atoms with Crippen LogP contribution in [0.4, 0.5) is 0 Å². The SMILES string of the molecule is COC=C(Oc1cc(C(C)=NOC[Si](C)(C)CC2CCCCC2)ccc1C)C(=O)OC. The molecule has 1 aliphatic carbocycles. The molecular formula is C24H37NO5Si. The van der Waals surface area contributed by atoms with Gasteiger partial charge in [-0.15, -0.1) is 0 Å². The lowest BCUT2D eigenvalue weighted by Crippen LogP contribution is -2.35. The minimum absolute atomic E-state index is 0.0217. The number of hydrogen-bond acceptors (Lipinski definition) is 6. The van der Waals surface area contributed by atoms with Gasteiger partial charge in [-0.3, -0.25) is 0 Å². The molecule has 1 saturated carbocycles. The number of rotatable bonds is 10. The van der Waals surface area contributed by atoms with E-state index in [1.165, 1.54) is 58.6 Å². The maximum Gasteiger partial charge on any atom is 0.377 e. The van der Waals surface area contributed by atoms with Gasteiger partial charge < -0.3 is 19.0 Å². The average Bonchev–Trinajstić information content (AvgIpc) is 2.74. The molecule has 31 heavy (non-hydrogen) atoms. The predicted molar refractivity (Wildman–Crippen MR) is 126 cm³/mol. The minimum Gasteiger partial charge on any atom is -0.500 e. The third-order valence-corrected chi connectivity index (χ3v) is 8.25. The van der Waals surface area contributed by atoms with Crippen LogP contribution in [0.15, 0.2) is 35.4 Å². The van der Waals surface area contributed by atoms with Crippen molar-refractivity contribution in [2.75, 3.05) is 20.4 Å². The number of nitrogens with zero attached hydrogens (tertiary/aromatic N) is 1. The molecule has 6 nitrogen and oxygen atoms in total. The highest BCUT2D eigenvalue weighted by molar-refractivity contribution is 6.77. The topological polar surface area (TPSA) is 66.3 Å². The van der Waals surface area contributed by atoms with Gasteiger partial charge in [-0.2, -0.15) is 0 Å². The molecule has 1 fully saturated rings. The molecule has 7 heteroatoms. The standard InChI is InChI=1S/C24H37NO5Si/c1-18-12-13-21(14-22(18)30-23(15-27-3)24(26)28-4)19(2)25-29-17-31(5,6)16-20-10-8-7-9-11-20/h12-15,20H,7-11,16-17H2,1-6H3. The number of hydrogen-bond donors (Lipinski definition) is 0. The van der Waals surface area contributed by atoms with Gasteiger partial charge >= 0.3 is 5.97 Å². The second-order valence-corrected chi connectivity index (χ2v) is 14.1. The third kappa shape index (κ3) is 8.05. The molecular weight excluding hydrogens is 410 g/mol. The molecule has 0 aliphatic heterocycles. The van der Waals surface area contributed by atoms with Crippen molar-refractivity contribution in [1.29, 1.82) is 0 Å². The van der Waals surface area contributed by atoms with Crippen molar-refractivity contribution in [3.63, 3.8) is 0 Å². The van der Waals surface area contributed by atoms with Crippen molar-refractivity contribution < 1.29 is 23.8 Å². The van der Waals surface area contributed by atoms with Crippen LogP contribution in [0.2, 0.25) is 19.1 Å². The van der Waals surface area contributed by atoms with Gasteiger partial charge in [0.15, 0.2) is 0 Å². The van der Waals surface area contributed by atoms with Gasteiger partial charge in [-0.25, -0.2) is 4.79 Å². The Bertz CT molecular complexity index is 797. The number of carbonyl (C=O) groups excluding carboxylic acids is 1. The summed E-state index contributed by atoms with van der Waals surface area (Å²) in [5.41, 5.74) is 2.51. The Morgan fingerprint density at radius 1 is 1.19 bits per heavy atom. The highest BCUT2D eigenvalue weighted by Gasteiger charge is 2.27. The maximum absolute atomic E-state index is 11.9. The third-order valence-electron chi connectivity index (χ3n) is 5.66. The van der Waals surface area contributed by atoms with Crippen LogP contribution in [-0.2, 0) is 19.1 Å². The average molecular weight is 448 g/mol. The van der Waals surface area contributed by atoms with Crippen LogP contribution in [0.25, 0.3) is 0 Å². The zero-order valence-corrected chi connectivity index (χ0v) is 20.8. The quantitative estimate of drug-likeness (QED) is 0.117. The Labute approximate surface area is 187 Å². The summed E-state index contributed by atoms with van der Waals surface area (Å²) in [6.07, 6.45) is 8.83. The van der Waals surface area contributed by atoms with Crippen LogP contribution < -0.4 is 4.74 Å². The first-order valence-corrected chi connectivity index (χ1v) is 14.4. The molecule has 0 spiro atoms. The number of oxime groups is 1. The van der Waals surface area contributed by atoms with E-state index in [4.69, 9.17) is 19.0 Å². The van der Waals surface area contributed by atoms with E-state index in [-0.39, 0.29) is 5.76 Å². The lowest BCUT2D eigenvalue weighted by molar-refractivity contribution is -0.138. The normalized spacial score (nSPS) is 16.1. The highest BCUT2D eigenvalue weighted by Crippen LogP contribution is 2.31. The molecule has 0 saturated heterocycles. The highest BCUT2D eigenvalue weighted by atomic mass is 28.3. The van der Waals surface area contributed by atoms with E-state index in [2.05, 4.69) is 18.2 Å². The second-order valence-electron chi connectivity index (χ2n) is 9.11. The Balaban J connectivity index is 2.03. The first-order valence-electron chi connectivity index (χ1n) is 11.0. The fourth-order valence-electron chi connectivity index (χ4n) is 3.96. The summed E-state index contributed by atoms with van der Waals surface area (Å²) in [5.74, 6) is 0.773. The molecule has 0 bridgehead atoms. The van der Waals surface area contributed by atoms with Crippen LogP contribution >= 0.6 is 0 Å². The fraction of sp³-hybridized carbons (Fsp3) is 0.583.